The molecule has 4 heteroatoms. The predicted octanol–water partition coefficient (Wildman–Crippen LogP) is 2.91. The van der Waals surface area contributed by atoms with Crippen molar-refractivity contribution in [2.24, 2.45) is 5.92 Å². The van der Waals surface area contributed by atoms with E-state index in [-0.39, 0.29) is 0 Å². The average Bonchev–Trinajstić information content (AvgIpc) is 3.30. The van der Waals surface area contributed by atoms with Gasteiger partial charge in [-0.1, -0.05) is 22.0 Å². The number of halogens is 1. The second kappa shape index (κ2) is 6.46. The van der Waals surface area contributed by atoms with Gasteiger partial charge in [-0.25, -0.2) is 0 Å². The highest BCUT2D eigenvalue weighted by molar-refractivity contribution is 9.10. The smallest absolute Gasteiger partial charge is 0.0460 e. The van der Waals surface area contributed by atoms with Gasteiger partial charge >= 0.3 is 0 Å². The summed E-state index contributed by atoms with van der Waals surface area (Å²) in [4.78, 5) is 2.47. The normalized spacial score (nSPS) is 20.4. The fourth-order valence-electron chi connectivity index (χ4n) is 2.88. The van der Waals surface area contributed by atoms with Crippen molar-refractivity contribution < 1.29 is 5.11 Å². The fourth-order valence-corrected chi connectivity index (χ4v) is 3.23. The number of rotatable bonds is 5. The van der Waals surface area contributed by atoms with Crippen LogP contribution in [0.15, 0.2) is 22.7 Å². The van der Waals surface area contributed by atoms with Crippen LogP contribution in [0.2, 0.25) is 0 Å². The lowest BCUT2D eigenvalue weighted by Gasteiger charge is -2.34. The van der Waals surface area contributed by atoms with Crippen molar-refractivity contribution in [1.82, 2.24) is 5.32 Å². The first kappa shape index (κ1) is 14.4. The predicted molar refractivity (Wildman–Crippen MR) is 86.0 cm³/mol. The van der Waals surface area contributed by atoms with Crippen LogP contribution < -0.4 is 10.2 Å². The average molecular weight is 339 g/mol. The van der Waals surface area contributed by atoms with Gasteiger partial charge in [0.25, 0.3) is 0 Å². The zero-order valence-corrected chi connectivity index (χ0v) is 13.4. The zero-order chi connectivity index (χ0) is 13.9. The SMILES string of the molecule is OCC1CCN(c2cc(Br)ccc2CNC2CC2)CC1. The van der Waals surface area contributed by atoms with Gasteiger partial charge in [0.1, 0.15) is 0 Å². The lowest BCUT2D eigenvalue weighted by Crippen LogP contribution is -2.35. The summed E-state index contributed by atoms with van der Waals surface area (Å²) in [5.74, 6) is 0.492. The first-order valence-corrected chi connectivity index (χ1v) is 8.43. The molecule has 0 bridgehead atoms. The summed E-state index contributed by atoms with van der Waals surface area (Å²) in [6.07, 6.45) is 4.85. The van der Waals surface area contributed by atoms with Gasteiger partial charge in [0.15, 0.2) is 0 Å². The number of piperidine rings is 1. The van der Waals surface area contributed by atoms with Crippen molar-refractivity contribution in [3.05, 3.63) is 28.2 Å². The maximum absolute atomic E-state index is 9.26. The van der Waals surface area contributed by atoms with Crippen molar-refractivity contribution in [3.8, 4) is 0 Å². The Balaban J connectivity index is 1.71. The Bertz CT molecular complexity index is 454. The largest absolute Gasteiger partial charge is 0.396 e. The van der Waals surface area contributed by atoms with E-state index in [0.717, 1.165) is 43.0 Å². The quantitative estimate of drug-likeness (QED) is 0.866. The summed E-state index contributed by atoms with van der Waals surface area (Å²) < 4.78 is 1.15. The third-order valence-electron chi connectivity index (χ3n) is 4.42. The van der Waals surface area contributed by atoms with Gasteiger partial charge in [0.05, 0.1) is 0 Å². The maximum atomic E-state index is 9.26. The van der Waals surface area contributed by atoms with Crippen LogP contribution in [0.25, 0.3) is 0 Å². The van der Waals surface area contributed by atoms with Crippen molar-refractivity contribution in [1.29, 1.82) is 0 Å². The highest BCUT2D eigenvalue weighted by Crippen LogP contribution is 2.30. The first-order chi connectivity index (χ1) is 9.76. The van der Waals surface area contributed by atoms with Gasteiger partial charge in [-0.15, -0.1) is 0 Å². The molecule has 1 saturated carbocycles. The second-order valence-electron chi connectivity index (χ2n) is 6.04. The molecule has 1 saturated heterocycles. The van der Waals surface area contributed by atoms with E-state index < -0.39 is 0 Å². The molecule has 2 N–H and O–H groups in total. The van der Waals surface area contributed by atoms with Crippen LogP contribution in [0.5, 0.6) is 0 Å². The highest BCUT2D eigenvalue weighted by atomic mass is 79.9. The molecule has 3 nitrogen and oxygen atoms in total. The van der Waals surface area contributed by atoms with Crippen LogP contribution >= 0.6 is 15.9 Å². The Kier molecular flexibility index (Phi) is 4.64. The van der Waals surface area contributed by atoms with Crippen LogP contribution in [-0.4, -0.2) is 30.8 Å². The van der Waals surface area contributed by atoms with Gasteiger partial charge in [0, 0.05) is 42.4 Å². The van der Waals surface area contributed by atoms with Crippen LogP contribution in [0.1, 0.15) is 31.2 Å². The number of benzene rings is 1. The number of aliphatic hydroxyl groups is 1. The van der Waals surface area contributed by atoms with Gasteiger partial charge in [0.2, 0.25) is 0 Å². The number of aliphatic hydroxyl groups excluding tert-OH is 1. The van der Waals surface area contributed by atoms with Crippen LogP contribution in [0, 0.1) is 5.92 Å². The Labute approximate surface area is 129 Å². The molecule has 2 aliphatic rings. The van der Waals surface area contributed by atoms with Gasteiger partial charge in [-0.2, -0.15) is 0 Å². The van der Waals surface area contributed by atoms with E-state index in [2.05, 4.69) is 44.3 Å². The van der Waals surface area contributed by atoms with E-state index in [1.807, 2.05) is 0 Å². The molecule has 20 heavy (non-hydrogen) atoms. The molecule has 0 amide bonds. The molecule has 3 rings (SSSR count). The lowest BCUT2D eigenvalue weighted by atomic mass is 9.97. The van der Waals surface area contributed by atoms with E-state index in [1.165, 1.54) is 24.1 Å². The molecule has 110 valence electrons. The third kappa shape index (κ3) is 3.54. The minimum absolute atomic E-state index is 0.336. The Hall–Kier alpha value is -0.580. The lowest BCUT2D eigenvalue weighted by molar-refractivity contribution is 0.203. The summed E-state index contributed by atoms with van der Waals surface area (Å²) in [6.45, 7) is 3.41. The molecule has 0 atom stereocenters. The minimum Gasteiger partial charge on any atom is -0.396 e. The molecule has 1 aliphatic heterocycles. The van der Waals surface area contributed by atoms with Crippen molar-refractivity contribution in [2.75, 3.05) is 24.6 Å². The Morgan fingerprint density at radius 3 is 2.60 bits per heavy atom. The number of anilines is 1. The number of nitrogens with zero attached hydrogens (tertiary/aromatic N) is 1. The third-order valence-corrected chi connectivity index (χ3v) is 4.91. The zero-order valence-electron chi connectivity index (χ0n) is 11.8. The molecular formula is C16H23BrN2O. The minimum atomic E-state index is 0.336. The first-order valence-electron chi connectivity index (χ1n) is 7.64. The van der Waals surface area contributed by atoms with Crippen molar-refractivity contribution >= 4 is 21.6 Å². The Morgan fingerprint density at radius 1 is 1.20 bits per heavy atom. The van der Waals surface area contributed by atoms with Crippen molar-refractivity contribution in [2.45, 2.75) is 38.3 Å². The highest BCUT2D eigenvalue weighted by Gasteiger charge is 2.23. The molecule has 1 aliphatic carbocycles. The molecule has 1 aromatic carbocycles. The molecule has 0 radical (unpaired) electrons. The molecule has 0 aromatic heterocycles. The second-order valence-corrected chi connectivity index (χ2v) is 6.96. The van der Waals surface area contributed by atoms with Crippen LogP contribution in [0.3, 0.4) is 0 Å². The summed E-state index contributed by atoms with van der Waals surface area (Å²) in [5.41, 5.74) is 2.74. The number of hydrogen-bond donors (Lipinski definition) is 2. The van der Waals surface area contributed by atoms with Gasteiger partial charge in [-0.05, 0) is 49.3 Å². The van der Waals surface area contributed by atoms with E-state index in [0.29, 0.717) is 12.5 Å². The van der Waals surface area contributed by atoms with Crippen LogP contribution in [-0.2, 0) is 6.54 Å². The van der Waals surface area contributed by atoms with E-state index >= 15 is 0 Å². The van der Waals surface area contributed by atoms with E-state index in [4.69, 9.17) is 0 Å². The molecular weight excluding hydrogens is 316 g/mol. The van der Waals surface area contributed by atoms with Crippen molar-refractivity contribution in [3.63, 3.8) is 0 Å². The molecule has 0 spiro atoms. The molecule has 1 aromatic rings. The van der Waals surface area contributed by atoms with Crippen LogP contribution in [0.4, 0.5) is 5.69 Å². The topological polar surface area (TPSA) is 35.5 Å². The number of nitrogens with one attached hydrogen (secondary N) is 1. The molecule has 2 fully saturated rings. The van der Waals surface area contributed by atoms with E-state index in [1.54, 1.807) is 0 Å². The monoisotopic (exact) mass is 338 g/mol. The summed E-state index contributed by atoms with van der Waals surface area (Å²) in [7, 11) is 0. The summed E-state index contributed by atoms with van der Waals surface area (Å²) >= 11 is 3.59. The maximum Gasteiger partial charge on any atom is 0.0460 e. The molecule has 1 heterocycles. The molecule has 0 unspecified atom stereocenters. The number of hydrogen-bond acceptors (Lipinski definition) is 3. The standard InChI is InChI=1S/C16H23BrN2O/c17-14-2-1-13(10-18-15-3-4-15)16(9-14)19-7-5-12(11-20)6-8-19/h1-2,9,12,15,18,20H,3-8,10-11H2. The summed E-state index contributed by atoms with van der Waals surface area (Å²) in [6, 6.07) is 7.34. The van der Waals surface area contributed by atoms with Gasteiger partial charge < -0.3 is 15.3 Å². The van der Waals surface area contributed by atoms with Gasteiger partial charge in [-0.3, -0.25) is 0 Å². The van der Waals surface area contributed by atoms with E-state index in [9.17, 15) is 5.11 Å². The Morgan fingerprint density at radius 2 is 1.95 bits per heavy atom. The fraction of sp³-hybridized carbons (Fsp3) is 0.625. The summed E-state index contributed by atoms with van der Waals surface area (Å²) in [5, 5.41) is 12.9.